The van der Waals surface area contributed by atoms with Crippen LogP contribution in [0.25, 0.3) is 0 Å². The van der Waals surface area contributed by atoms with Crippen molar-refractivity contribution in [1.82, 2.24) is 15.0 Å². The molecule has 0 radical (unpaired) electrons. The molecule has 18 heteroatoms. The van der Waals surface area contributed by atoms with Crippen molar-refractivity contribution in [3.63, 3.8) is 0 Å². The molecule has 44 heavy (non-hydrogen) atoms. The zero-order valence-corrected chi connectivity index (χ0v) is 25.6. The number of phosphoric ester groups is 1. The van der Waals surface area contributed by atoms with Crippen LogP contribution in [0.1, 0.15) is 27.2 Å². The highest BCUT2D eigenvalue weighted by atomic mass is 31.2. The Morgan fingerprint density at radius 3 is 2.43 bits per heavy atom. The first kappa shape index (κ1) is 32.6. The number of aromatic nitrogens is 3. The summed E-state index contributed by atoms with van der Waals surface area (Å²) < 4.78 is 58.5. The van der Waals surface area contributed by atoms with Crippen molar-refractivity contribution in [2.45, 2.75) is 39.0 Å². The van der Waals surface area contributed by atoms with Gasteiger partial charge in [-0.05, 0) is 32.4 Å². The molecule has 3 aromatic rings. The van der Waals surface area contributed by atoms with E-state index in [1.807, 2.05) is 0 Å². The molecule has 1 aromatic carbocycles. The maximum Gasteiger partial charge on any atom is 0.273 e. The molecule has 0 spiro atoms. The van der Waals surface area contributed by atoms with Gasteiger partial charge in [0.25, 0.3) is 13.7 Å². The number of hydrogen-bond acceptors (Lipinski definition) is 15. The van der Waals surface area contributed by atoms with Gasteiger partial charge in [0, 0.05) is 17.8 Å². The first-order valence-electron chi connectivity index (χ1n) is 13.1. The van der Waals surface area contributed by atoms with E-state index in [9.17, 15) is 18.6 Å². The van der Waals surface area contributed by atoms with E-state index in [-0.39, 0.29) is 35.6 Å². The van der Waals surface area contributed by atoms with Gasteiger partial charge in [0.2, 0.25) is 11.7 Å². The highest BCUT2D eigenvalue weighted by Gasteiger charge is 2.42. The SMILES string of the molecule is CCC(N)OP(=O)([O-])OCN1C(=O)C(C)(C)Oc2ccc(Nc3nc(Nc4cc(OC)c(OC)c(OC)c4)ncc3F)nc21. The number of nitrogens with one attached hydrogen (secondary N) is 2. The fraction of sp³-hybridized carbons (Fsp3) is 0.385. The average Bonchev–Trinajstić information content (AvgIpc) is 2.98. The molecule has 2 aromatic heterocycles. The number of nitrogens with zero attached hydrogens (tertiary/aromatic N) is 4. The second-order valence-corrected chi connectivity index (χ2v) is 11.0. The molecular weight excluding hydrogens is 604 g/mol. The van der Waals surface area contributed by atoms with Gasteiger partial charge in [-0.3, -0.25) is 23.3 Å². The highest BCUT2D eigenvalue weighted by Crippen LogP contribution is 2.43. The first-order chi connectivity index (χ1) is 20.8. The maximum absolute atomic E-state index is 14.8. The Kier molecular flexibility index (Phi) is 9.75. The Morgan fingerprint density at radius 2 is 1.82 bits per heavy atom. The summed E-state index contributed by atoms with van der Waals surface area (Å²) in [6, 6.07) is 6.16. The van der Waals surface area contributed by atoms with Crippen LogP contribution in [0.4, 0.5) is 33.5 Å². The normalized spacial score (nSPS) is 15.8. The van der Waals surface area contributed by atoms with Gasteiger partial charge in [-0.1, -0.05) is 6.92 Å². The van der Waals surface area contributed by atoms with Crippen LogP contribution in [0, 0.1) is 5.82 Å². The number of methoxy groups -OCH3 is 3. The van der Waals surface area contributed by atoms with Gasteiger partial charge in [0.15, 0.2) is 40.3 Å². The Morgan fingerprint density at radius 1 is 1.14 bits per heavy atom. The monoisotopic (exact) mass is 636 g/mol. The minimum Gasteiger partial charge on any atom is -0.756 e. The molecule has 2 atom stereocenters. The number of fused-ring (bicyclic) bond motifs is 1. The lowest BCUT2D eigenvalue weighted by molar-refractivity contribution is -0.229. The van der Waals surface area contributed by atoms with Crippen molar-refractivity contribution in [2.24, 2.45) is 5.73 Å². The standard InChI is InChI=1S/C26H33FN7O9P/c1-7-19(28)43-44(36,37)41-13-34-23-16(42-26(2,3)24(34)35)8-9-20(32-23)31-22-15(27)12-29-25(33-22)30-14-10-17(38-4)21(40-6)18(11-14)39-5/h8-12,19H,7,13,28H2,1-6H3,(H,36,37)(H2,29,30,31,32,33)/p-1. The first-order valence-corrected chi connectivity index (χ1v) is 14.5. The predicted molar refractivity (Wildman–Crippen MR) is 154 cm³/mol. The van der Waals surface area contributed by atoms with E-state index in [1.54, 1.807) is 19.1 Å². The summed E-state index contributed by atoms with van der Waals surface area (Å²) in [5.74, 6) is -0.521. The average molecular weight is 637 g/mol. The molecule has 4 rings (SSSR count). The van der Waals surface area contributed by atoms with Crippen LogP contribution in [0.5, 0.6) is 23.0 Å². The van der Waals surface area contributed by atoms with Crippen LogP contribution in [-0.2, 0) is 18.4 Å². The van der Waals surface area contributed by atoms with Gasteiger partial charge in [-0.25, -0.2) is 14.4 Å². The van der Waals surface area contributed by atoms with E-state index in [0.29, 0.717) is 22.9 Å². The predicted octanol–water partition coefficient (Wildman–Crippen LogP) is 3.18. The van der Waals surface area contributed by atoms with E-state index in [0.717, 1.165) is 11.1 Å². The number of anilines is 5. The second kappa shape index (κ2) is 13.2. The lowest BCUT2D eigenvalue weighted by Gasteiger charge is -2.38. The molecule has 0 saturated carbocycles. The van der Waals surface area contributed by atoms with Crippen molar-refractivity contribution in [3.8, 4) is 23.0 Å². The number of phosphoric acid groups is 1. The number of rotatable bonds is 13. The van der Waals surface area contributed by atoms with Gasteiger partial charge in [0.1, 0.15) is 18.8 Å². The van der Waals surface area contributed by atoms with E-state index in [1.165, 1.54) is 47.3 Å². The van der Waals surface area contributed by atoms with E-state index >= 15 is 0 Å². The molecule has 16 nitrogen and oxygen atoms in total. The molecule has 1 amide bonds. The van der Waals surface area contributed by atoms with Crippen molar-refractivity contribution in [3.05, 3.63) is 36.3 Å². The van der Waals surface area contributed by atoms with Gasteiger partial charge < -0.3 is 40.2 Å². The fourth-order valence-corrected chi connectivity index (χ4v) is 4.75. The lowest BCUT2D eigenvalue weighted by Crippen LogP contribution is -2.53. The summed E-state index contributed by atoms with van der Waals surface area (Å²) in [5, 5.41) is 5.68. The zero-order chi connectivity index (χ0) is 32.2. The Hall–Kier alpha value is -4.28. The van der Waals surface area contributed by atoms with Crippen molar-refractivity contribution in [1.29, 1.82) is 0 Å². The van der Waals surface area contributed by atoms with Crippen molar-refractivity contribution < 1.29 is 46.6 Å². The van der Waals surface area contributed by atoms with Crippen LogP contribution < -0.4 is 45.1 Å². The fourth-order valence-electron chi connectivity index (χ4n) is 3.96. The maximum atomic E-state index is 14.8. The lowest BCUT2D eigenvalue weighted by atomic mass is 10.1. The number of carbonyl (C=O) groups is 1. The third kappa shape index (κ3) is 7.26. The summed E-state index contributed by atoms with van der Waals surface area (Å²) in [4.78, 5) is 38.9. The second-order valence-electron chi connectivity index (χ2n) is 9.68. The molecular formula is C26H32FN7O9P-. The topological polar surface area (TPSA) is 205 Å². The molecule has 0 bridgehead atoms. The van der Waals surface area contributed by atoms with Gasteiger partial charge in [0.05, 0.1) is 27.5 Å². The molecule has 3 heterocycles. The van der Waals surface area contributed by atoms with Crippen LogP contribution in [0.15, 0.2) is 30.5 Å². The van der Waals surface area contributed by atoms with E-state index in [2.05, 4.69) is 25.6 Å². The Balaban J connectivity index is 1.60. The quantitative estimate of drug-likeness (QED) is 0.182. The summed E-state index contributed by atoms with van der Waals surface area (Å²) in [6.07, 6.45) is 0.0286. The van der Waals surface area contributed by atoms with E-state index < -0.39 is 38.1 Å². The largest absolute Gasteiger partial charge is 0.756 e. The highest BCUT2D eigenvalue weighted by molar-refractivity contribution is 7.45. The van der Waals surface area contributed by atoms with Gasteiger partial charge >= 0.3 is 0 Å². The number of hydrogen-bond donors (Lipinski definition) is 3. The molecule has 238 valence electrons. The summed E-state index contributed by atoms with van der Waals surface area (Å²) >= 11 is 0. The number of amides is 1. The third-order valence-corrected chi connectivity index (χ3v) is 7.10. The molecule has 0 fully saturated rings. The minimum atomic E-state index is -4.88. The number of pyridine rings is 1. The summed E-state index contributed by atoms with van der Waals surface area (Å²) in [6.45, 7) is 3.84. The van der Waals surface area contributed by atoms with Gasteiger partial charge in [-0.2, -0.15) is 4.98 Å². The van der Waals surface area contributed by atoms with Gasteiger partial charge in [-0.15, -0.1) is 0 Å². The van der Waals surface area contributed by atoms with E-state index in [4.69, 9.17) is 33.7 Å². The number of halogens is 1. The van der Waals surface area contributed by atoms with Crippen LogP contribution in [0.3, 0.4) is 0 Å². The molecule has 0 saturated heterocycles. The van der Waals surface area contributed by atoms with Crippen molar-refractivity contribution in [2.75, 3.05) is 43.6 Å². The zero-order valence-electron chi connectivity index (χ0n) is 24.7. The van der Waals surface area contributed by atoms with Crippen LogP contribution in [-0.4, -0.2) is 60.7 Å². The molecule has 2 unspecified atom stereocenters. The smallest absolute Gasteiger partial charge is 0.273 e. The Bertz CT molecular complexity index is 1550. The van der Waals surface area contributed by atoms with Crippen LogP contribution in [0.2, 0.25) is 0 Å². The summed E-state index contributed by atoms with van der Waals surface area (Å²) in [5.41, 5.74) is 4.63. The van der Waals surface area contributed by atoms with Crippen LogP contribution >= 0.6 is 7.82 Å². The number of benzene rings is 1. The van der Waals surface area contributed by atoms with Crippen molar-refractivity contribution >= 4 is 42.8 Å². The summed E-state index contributed by atoms with van der Waals surface area (Å²) in [7, 11) is -0.487. The number of ether oxygens (including phenoxy) is 4. The minimum absolute atomic E-state index is 0.00732. The number of carbonyl (C=O) groups excluding carboxylic acids is 1. The molecule has 1 aliphatic rings. The third-order valence-electron chi connectivity index (χ3n) is 6.14. The molecule has 0 aliphatic carbocycles. The molecule has 1 aliphatic heterocycles. The number of nitrogens with two attached hydrogens (primary N) is 1. The Labute approximate surface area is 252 Å². The molecule has 4 N–H and O–H groups in total.